The van der Waals surface area contributed by atoms with Crippen molar-refractivity contribution in [1.29, 1.82) is 0 Å². The minimum absolute atomic E-state index is 0.327. The maximum atomic E-state index is 5.63. The molecule has 2 saturated heterocycles. The van der Waals surface area contributed by atoms with Crippen LogP contribution in [0.1, 0.15) is 18.5 Å². The predicted octanol–water partition coefficient (Wildman–Crippen LogP) is 2.07. The van der Waals surface area contributed by atoms with Gasteiger partial charge in [0.25, 0.3) is 0 Å². The van der Waals surface area contributed by atoms with Gasteiger partial charge in [-0.3, -0.25) is 4.99 Å². The van der Waals surface area contributed by atoms with Crippen LogP contribution in [-0.4, -0.2) is 61.1 Å². The first-order chi connectivity index (χ1) is 13.2. The van der Waals surface area contributed by atoms with E-state index in [4.69, 9.17) is 9.47 Å². The van der Waals surface area contributed by atoms with Gasteiger partial charge in [-0.2, -0.15) is 5.10 Å². The van der Waals surface area contributed by atoms with Crippen LogP contribution in [-0.2, 0) is 11.3 Å². The summed E-state index contributed by atoms with van der Waals surface area (Å²) in [5, 5.41) is 8.12. The Bertz CT molecular complexity index is 793. The van der Waals surface area contributed by atoms with Crippen LogP contribution in [0.25, 0.3) is 5.69 Å². The molecule has 1 aromatic carbocycles. The quantitative estimate of drug-likeness (QED) is 0.660. The fourth-order valence-electron chi connectivity index (χ4n) is 3.92. The van der Waals surface area contributed by atoms with Gasteiger partial charge < -0.3 is 19.7 Å². The van der Waals surface area contributed by atoms with Gasteiger partial charge in [-0.1, -0.05) is 0 Å². The maximum absolute atomic E-state index is 5.63. The van der Waals surface area contributed by atoms with E-state index >= 15 is 0 Å². The van der Waals surface area contributed by atoms with Crippen molar-refractivity contribution in [1.82, 2.24) is 20.0 Å². The fourth-order valence-corrected chi connectivity index (χ4v) is 3.92. The highest BCUT2D eigenvalue weighted by molar-refractivity contribution is 5.80. The summed E-state index contributed by atoms with van der Waals surface area (Å²) in [7, 11) is 3.51. The Morgan fingerprint density at radius 2 is 2.15 bits per heavy atom. The van der Waals surface area contributed by atoms with Crippen molar-refractivity contribution in [3.63, 3.8) is 0 Å². The lowest BCUT2D eigenvalue weighted by molar-refractivity contribution is 0.156. The molecule has 0 radical (unpaired) electrons. The summed E-state index contributed by atoms with van der Waals surface area (Å²) in [5.74, 6) is 1.78. The van der Waals surface area contributed by atoms with E-state index in [1.54, 1.807) is 7.11 Å². The molecule has 0 amide bonds. The standard InChI is InChI=1S/C20H27N5O2/c1-21-19(24-11-8-20(14-24)9-12-27-15-20)22-13-16-7-10-25(23-16)17-3-5-18(26-2)6-4-17/h3-7,10H,8-9,11-15H2,1-2H3,(H,21,22). The lowest BCUT2D eigenvalue weighted by Gasteiger charge is -2.24. The zero-order valence-electron chi connectivity index (χ0n) is 16.0. The third-order valence-corrected chi connectivity index (χ3v) is 5.54. The molecular weight excluding hydrogens is 342 g/mol. The van der Waals surface area contributed by atoms with Crippen LogP contribution in [0.15, 0.2) is 41.5 Å². The molecule has 0 bridgehead atoms. The molecule has 1 atom stereocenters. The van der Waals surface area contributed by atoms with E-state index in [2.05, 4.69) is 20.3 Å². The van der Waals surface area contributed by atoms with Crippen molar-refractivity contribution in [2.75, 3.05) is 40.5 Å². The number of methoxy groups -OCH3 is 1. The van der Waals surface area contributed by atoms with E-state index in [1.165, 1.54) is 6.42 Å². The van der Waals surface area contributed by atoms with Crippen LogP contribution in [0.5, 0.6) is 5.75 Å². The largest absolute Gasteiger partial charge is 0.497 e. The molecule has 27 heavy (non-hydrogen) atoms. The van der Waals surface area contributed by atoms with E-state index in [9.17, 15) is 0 Å². The molecule has 7 heteroatoms. The average Bonchev–Trinajstić information content (AvgIpc) is 3.45. The van der Waals surface area contributed by atoms with Gasteiger partial charge >= 0.3 is 0 Å². The van der Waals surface area contributed by atoms with E-state index in [-0.39, 0.29) is 0 Å². The van der Waals surface area contributed by atoms with Gasteiger partial charge in [0.15, 0.2) is 5.96 Å². The summed E-state index contributed by atoms with van der Waals surface area (Å²) >= 11 is 0. The number of nitrogens with zero attached hydrogens (tertiary/aromatic N) is 4. The van der Waals surface area contributed by atoms with Crippen molar-refractivity contribution in [3.05, 3.63) is 42.2 Å². The summed E-state index contributed by atoms with van der Waals surface area (Å²) in [5.41, 5.74) is 2.31. The molecule has 0 aliphatic carbocycles. The number of hydrogen-bond acceptors (Lipinski definition) is 4. The van der Waals surface area contributed by atoms with E-state index in [0.717, 1.165) is 55.8 Å². The van der Waals surface area contributed by atoms with Crippen LogP contribution >= 0.6 is 0 Å². The SMILES string of the molecule is CN=C(NCc1ccn(-c2ccc(OC)cc2)n1)N1CCC2(CCOC2)C1. The third-order valence-electron chi connectivity index (χ3n) is 5.54. The van der Waals surface area contributed by atoms with Crippen molar-refractivity contribution in [2.45, 2.75) is 19.4 Å². The minimum atomic E-state index is 0.327. The molecule has 3 heterocycles. The Balaban J connectivity index is 1.36. The zero-order chi connectivity index (χ0) is 18.7. The molecule has 144 valence electrons. The normalized spacial score (nSPS) is 22.6. The summed E-state index contributed by atoms with van der Waals surface area (Å²) in [4.78, 5) is 6.81. The fraction of sp³-hybridized carbons (Fsp3) is 0.500. The van der Waals surface area contributed by atoms with Crippen LogP contribution in [0.4, 0.5) is 0 Å². The number of hydrogen-bond donors (Lipinski definition) is 1. The Morgan fingerprint density at radius 3 is 2.85 bits per heavy atom. The Labute approximate surface area is 160 Å². The van der Waals surface area contributed by atoms with Crippen molar-refractivity contribution in [3.8, 4) is 11.4 Å². The third kappa shape index (κ3) is 3.78. The highest BCUT2D eigenvalue weighted by atomic mass is 16.5. The van der Waals surface area contributed by atoms with Crippen molar-refractivity contribution >= 4 is 5.96 Å². The van der Waals surface area contributed by atoms with E-state index in [0.29, 0.717) is 12.0 Å². The molecule has 2 aromatic rings. The maximum Gasteiger partial charge on any atom is 0.193 e. The van der Waals surface area contributed by atoms with Gasteiger partial charge in [0.2, 0.25) is 0 Å². The van der Waals surface area contributed by atoms with Crippen LogP contribution in [0.2, 0.25) is 0 Å². The molecular formula is C20H27N5O2. The number of likely N-dealkylation sites (tertiary alicyclic amines) is 1. The Kier molecular flexibility index (Phi) is 5.03. The molecule has 2 aliphatic heterocycles. The van der Waals surface area contributed by atoms with Crippen molar-refractivity contribution in [2.24, 2.45) is 10.4 Å². The first-order valence-electron chi connectivity index (χ1n) is 9.44. The number of ether oxygens (including phenoxy) is 2. The summed E-state index contributed by atoms with van der Waals surface area (Å²) in [6.45, 7) is 4.47. The number of aliphatic imine (C=N–C) groups is 1. The van der Waals surface area contributed by atoms with Crippen molar-refractivity contribution < 1.29 is 9.47 Å². The van der Waals surface area contributed by atoms with Crippen LogP contribution < -0.4 is 10.1 Å². The number of guanidine groups is 1. The van der Waals surface area contributed by atoms with Gasteiger partial charge in [-0.15, -0.1) is 0 Å². The molecule has 1 unspecified atom stereocenters. The van der Waals surface area contributed by atoms with Gasteiger partial charge in [-0.05, 0) is 43.2 Å². The van der Waals surface area contributed by atoms with Gasteiger partial charge in [0.1, 0.15) is 5.75 Å². The Hall–Kier alpha value is -2.54. The second-order valence-corrected chi connectivity index (χ2v) is 7.32. The van der Waals surface area contributed by atoms with Gasteiger partial charge in [0.05, 0.1) is 31.6 Å². The van der Waals surface area contributed by atoms with E-state index in [1.807, 2.05) is 48.3 Å². The van der Waals surface area contributed by atoms with Crippen LogP contribution in [0, 0.1) is 5.41 Å². The second-order valence-electron chi connectivity index (χ2n) is 7.32. The first kappa shape index (κ1) is 17.9. The molecule has 7 nitrogen and oxygen atoms in total. The van der Waals surface area contributed by atoms with Crippen LogP contribution in [0.3, 0.4) is 0 Å². The minimum Gasteiger partial charge on any atom is -0.497 e. The number of rotatable bonds is 4. The number of aromatic nitrogens is 2. The highest BCUT2D eigenvalue weighted by Crippen LogP contribution is 2.38. The average molecular weight is 369 g/mol. The molecule has 4 rings (SSSR count). The lowest BCUT2D eigenvalue weighted by Crippen LogP contribution is -2.41. The molecule has 1 N–H and O–H groups in total. The van der Waals surface area contributed by atoms with Gasteiger partial charge in [-0.25, -0.2) is 4.68 Å². The lowest BCUT2D eigenvalue weighted by atomic mass is 9.87. The molecule has 1 aromatic heterocycles. The number of nitrogens with one attached hydrogen (secondary N) is 1. The van der Waals surface area contributed by atoms with Gasteiger partial charge in [0, 0.05) is 38.4 Å². The molecule has 2 aliphatic rings. The first-order valence-corrected chi connectivity index (χ1v) is 9.44. The highest BCUT2D eigenvalue weighted by Gasteiger charge is 2.42. The predicted molar refractivity (Wildman–Crippen MR) is 104 cm³/mol. The summed E-state index contributed by atoms with van der Waals surface area (Å²) < 4.78 is 12.7. The molecule has 1 spiro atoms. The molecule has 0 saturated carbocycles. The Morgan fingerprint density at radius 1 is 1.30 bits per heavy atom. The summed E-state index contributed by atoms with van der Waals surface area (Å²) in [6.07, 6.45) is 4.31. The van der Waals surface area contributed by atoms with E-state index < -0.39 is 0 Å². The topological polar surface area (TPSA) is 63.9 Å². The summed E-state index contributed by atoms with van der Waals surface area (Å²) in [6, 6.07) is 9.89. The monoisotopic (exact) mass is 369 g/mol. The smallest absolute Gasteiger partial charge is 0.193 e. The zero-order valence-corrected chi connectivity index (χ0v) is 16.0. The second kappa shape index (κ2) is 7.60. The molecule has 2 fully saturated rings. The number of benzene rings is 1.